The molecule has 1 fully saturated rings. The Morgan fingerprint density at radius 3 is 2.94 bits per heavy atom. The molecule has 2 atom stereocenters. The number of halogens is 1. The van der Waals surface area contributed by atoms with E-state index in [4.69, 9.17) is 5.84 Å². The van der Waals surface area contributed by atoms with E-state index in [1.54, 1.807) is 0 Å². The van der Waals surface area contributed by atoms with E-state index in [9.17, 15) is 0 Å². The lowest BCUT2D eigenvalue weighted by atomic mass is 9.93. The zero-order valence-corrected chi connectivity index (χ0v) is 11.6. The second-order valence-electron chi connectivity index (χ2n) is 4.19. The lowest BCUT2D eigenvalue weighted by molar-refractivity contribution is 0.386. The maximum Gasteiger partial charge on any atom is 0.0287 e. The van der Waals surface area contributed by atoms with E-state index in [2.05, 4.69) is 39.6 Å². The average molecular weight is 301 g/mol. The summed E-state index contributed by atoms with van der Waals surface area (Å²) in [5.41, 5.74) is 4.32. The molecule has 1 aromatic rings. The van der Waals surface area contributed by atoms with Gasteiger partial charge in [0, 0.05) is 10.5 Å². The molecule has 4 heteroatoms. The van der Waals surface area contributed by atoms with Crippen molar-refractivity contribution >= 4 is 27.7 Å². The van der Waals surface area contributed by atoms with Crippen molar-refractivity contribution in [2.24, 2.45) is 11.8 Å². The highest BCUT2D eigenvalue weighted by atomic mass is 79.9. The van der Waals surface area contributed by atoms with Gasteiger partial charge in [0.15, 0.2) is 0 Å². The van der Waals surface area contributed by atoms with Crippen LogP contribution < -0.4 is 11.3 Å². The zero-order valence-electron chi connectivity index (χ0n) is 9.16. The Hall–Kier alpha value is -0.0300. The topological polar surface area (TPSA) is 38.0 Å². The van der Waals surface area contributed by atoms with Gasteiger partial charge in [0.1, 0.15) is 0 Å². The number of rotatable bonds is 4. The Morgan fingerprint density at radius 2 is 2.31 bits per heavy atom. The predicted molar refractivity (Wildman–Crippen MR) is 74.4 cm³/mol. The van der Waals surface area contributed by atoms with Gasteiger partial charge in [-0.1, -0.05) is 34.1 Å². The Bertz CT molecular complexity index is 340. The van der Waals surface area contributed by atoms with Crippen molar-refractivity contribution < 1.29 is 0 Å². The quantitative estimate of drug-likeness (QED) is 0.663. The first-order chi connectivity index (χ1) is 7.81. The van der Waals surface area contributed by atoms with Crippen LogP contribution in [0.15, 0.2) is 28.7 Å². The second-order valence-corrected chi connectivity index (χ2v) is 6.20. The summed E-state index contributed by atoms with van der Waals surface area (Å²) in [5.74, 6) is 8.90. The lowest BCUT2D eigenvalue weighted by Crippen LogP contribution is -2.42. The molecule has 0 amide bonds. The third kappa shape index (κ3) is 3.00. The van der Waals surface area contributed by atoms with Gasteiger partial charge in [-0.15, -0.1) is 0 Å². The molecule has 2 rings (SSSR count). The molecule has 2 nitrogen and oxygen atoms in total. The Balaban J connectivity index is 2.03. The molecule has 0 spiro atoms. The molecular formula is C12H17BrN2S. The highest BCUT2D eigenvalue weighted by Gasteiger charge is 2.25. The Kier molecular flexibility index (Phi) is 4.70. The Morgan fingerprint density at radius 1 is 1.50 bits per heavy atom. The summed E-state index contributed by atoms with van der Waals surface area (Å²) >= 11 is 5.62. The van der Waals surface area contributed by atoms with Crippen LogP contribution in [0.5, 0.6) is 0 Å². The van der Waals surface area contributed by atoms with Gasteiger partial charge >= 0.3 is 0 Å². The van der Waals surface area contributed by atoms with Crippen LogP contribution in [0.4, 0.5) is 0 Å². The number of hydrogen-bond acceptors (Lipinski definition) is 3. The standard InChI is InChI=1S/C12H17BrN2S/c13-11-4-2-1-3-9(11)7-12(15-14)10-5-6-16-8-10/h1-4,10,12,15H,5-8,14H2. The number of nitrogens with one attached hydrogen (secondary N) is 1. The fourth-order valence-corrected chi connectivity index (χ4v) is 3.92. The van der Waals surface area contributed by atoms with Crippen LogP contribution in [0.3, 0.4) is 0 Å². The van der Waals surface area contributed by atoms with Crippen LogP contribution in [0.1, 0.15) is 12.0 Å². The Labute approximate surface area is 109 Å². The van der Waals surface area contributed by atoms with E-state index in [1.807, 2.05) is 17.8 Å². The summed E-state index contributed by atoms with van der Waals surface area (Å²) in [6.45, 7) is 0. The zero-order chi connectivity index (χ0) is 11.4. The minimum absolute atomic E-state index is 0.397. The van der Waals surface area contributed by atoms with Gasteiger partial charge in [0.2, 0.25) is 0 Å². The van der Waals surface area contributed by atoms with Gasteiger partial charge in [-0.3, -0.25) is 11.3 Å². The van der Waals surface area contributed by atoms with E-state index in [-0.39, 0.29) is 0 Å². The van der Waals surface area contributed by atoms with Crippen molar-refractivity contribution in [3.63, 3.8) is 0 Å². The van der Waals surface area contributed by atoms with Crippen molar-refractivity contribution in [3.8, 4) is 0 Å². The molecule has 1 aliphatic rings. The summed E-state index contributed by atoms with van der Waals surface area (Å²) in [7, 11) is 0. The first-order valence-electron chi connectivity index (χ1n) is 5.58. The third-order valence-corrected chi connectivity index (χ3v) is 5.11. The number of thioether (sulfide) groups is 1. The first kappa shape index (κ1) is 12.4. The lowest BCUT2D eigenvalue weighted by Gasteiger charge is -2.22. The summed E-state index contributed by atoms with van der Waals surface area (Å²) in [5, 5.41) is 0. The summed E-state index contributed by atoms with van der Waals surface area (Å²) in [6.07, 6.45) is 2.28. The average Bonchev–Trinajstić information content (AvgIpc) is 2.81. The molecule has 0 aromatic heterocycles. The van der Waals surface area contributed by atoms with E-state index < -0.39 is 0 Å². The van der Waals surface area contributed by atoms with Gasteiger partial charge in [-0.2, -0.15) is 11.8 Å². The molecule has 16 heavy (non-hydrogen) atoms. The van der Waals surface area contributed by atoms with Crippen molar-refractivity contribution in [1.82, 2.24) is 5.43 Å². The maximum absolute atomic E-state index is 5.68. The van der Waals surface area contributed by atoms with Crippen LogP contribution in [0.2, 0.25) is 0 Å². The molecule has 0 aliphatic carbocycles. The molecule has 0 radical (unpaired) electrons. The normalized spacial score (nSPS) is 22.2. The molecule has 3 N–H and O–H groups in total. The number of benzene rings is 1. The smallest absolute Gasteiger partial charge is 0.0287 e. The number of hydrazine groups is 1. The molecule has 2 unspecified atom stereocenters. The molecule has 1 heterocycles. The van der Waals surface area contributed by atoms with Crippen LogP contribution in [-0.4, -0.2) is 17.5 Å². The molecule has 0 saturated carbocycles. The molecule has 1 aromatic carbocycles. The van der Waals surface area contributed by atoms with Crippen molar-refractivity contribution in [2.45, 2.75) is 18.9 Å². The molecule has 0 bridgehead atoms. The monoisotopic (exact) mass is 300 g/mol. The maximum atomic E-state index is 5.68. The summed E-state index contributed by atoms with van der Waals surface area (Å²) in [4.78, 5) is 0. The highest BCUT2D eigenvalue weighted by molar-refractivity contribution is 9.10. The van der Waals surface area contributed by atoms with Gasteiger partial charge in [-0.25, -0.2) is 0 Å². The van der Waals surface area contributed by atoms with Gasteiger partial charge < -0.3 is 0 Å². The number of hydrogen-bond donors (Lipinski definition) is 2. The van der Waals surface area contributed by atoms with Crippen molar-refractivity contribution in [3.05, 3.63) is 34.3 Å². The van der Waals surface area contributed by atoms with Crippen LogP contribution in [-0.2, 0) is 6.42 Å². The van der Waals surface area contributed by atoms with Gasteiger partial charge in [-0.05, 0) is 41.9 Å². The van der Waals surface area contributed by atoms with Gasteiger partial charge in [0.25, 0.3) is 0 Å². The van der Waals surface area contributed by atoms with E-state index in [0.29, 0.717) is 12.0 Å². The van der Waals surface area contributed by atoms with E-state index >= 15 is 0 Å². The summed E-state index contributed by atoms with van der Waals surface area (Å²) < 4.78 is 1.18. The molecule has 1 aliphatic heterocycles. The minimum atomic E-state index is 0.397. The molecule has 88 valence electrons. The number of nitrogens with two attached hydrogens (primary N) is 1. The van der Waals surface area contributed by atoms with Crippen molar-refractivity contribution in [1.29, 1.82) is 0 Å². The van der Waals surface area contributed by atoms with Crippen LogP contribution in [0, 0.1) is 5.92 Å². The van der Waals surface area contributed by atoms with Crippen molar-refractivity contribution in [2.75, 3.05) is 11.5 Å². The fraction of sp³-hybridized carbons (Fsp3) is 0.500. The predicted octanol–water partition coefficient (Wildman–Crippen LogP) is 2.58. The third-order valence-electron chi connectivity index (χ3n) is 3.15. The van der Waals surface area contributed by atoms with E-state index in [0.717, 1.165) is 6.42 Å². The molecule has 1 saturated heterocycles. The van der Waals surface area contributed by atoms with Gasteiger partial charge in [0.05, 0.1) is 0 Å². The van der Waals surface area contributed by atoms with E-state index in [1.165, 1.54) is 28.0 Å². The van der Waals surface area contributed by atoms with Crippen LogP contribution >= 0.6 is 27.7 Å². The highest BCUT2D eigenvalue weighted by Crippen LogP contribution is 2.28. The summed E-state index contributed by atoms with van der Waals surface area (Å²) in [6, 6.07) is 8.78. The largest absolute Gasteiger partial charge is 0.271 e. The SMILES string of the molecule is NNC(Cc1ccccc1Br)C1CCSC1. The minimum Gasteiger partial charge on any atom is -0.271 e. The molecular weight excluding hydrogens is 284 g/mol. The fourth-order valence-electron chi connectivity index (χ4n) is 2.13. The first-order valence-corrected chi connectivity index (χ1v) is 7.53. The second kappa shape index (κ2) is 6.05. The van der Waals surface area contributed by atoms with Crippen LogP contribution in [0.25, 0.3) is 0 Å².